The van der Waals surface area contributed by atoms with Crippen molar-refractivity contribution in [2.45, 2.75) is 25.3 Å². The van der Waals surface area contributed by atoms with Crippen LogP contribution in [0.15, 0.2) is 24.3 Å². The number of benzene rings is 2. The van der Waals surface area contributed by atoms with Crippen molar-refractivity contribution in [2.75, 3.05) is 0 Å². The molecule has 0 spiro atoms. The minimum Gasteiger partial charge on any atom is -0.349 e. The highest BCUT2D eigenvalue weighted by Crippen LogP contribution is 2.31. The van der Waals surface area contributed by atoms with E-state index in [4.69, 9.17) is 0 Å². The van der Waals surface area contributed by atoms with Crippen molar-refractivity contribution in [1.82, 2.24) is 5.32 Å². The van der Waals surface area contributed by atoms with Gasteiger partial charge in [-0.1, -0.05) is 24.3 Å². The summed E-state index contributed by atoms with van der Waals surface area (Å²) in [4.78, 5) is 12.0. The summed E-state index contributed by atoms with van der Waals surface area (Å²) in [5.41, 5.74) is 0.817. The van der Waals surface area contributed by atoms with Crippen LogP contribution in [-0.2, 0) is 17.6 Å². The Bertz CT molecular complexity index is 792. The molecule has 0 unspecified atom stereocenters. The first-order chi connectivity index (χ1) is 11.4. The highest BCUT2D eigenvalue weighted by Gasteiger charge is 2.28. The quantitative estimate of drug-likeness (QED) is 0.514. The molecule has 1 N–H and O–H groups in total. The van der Waals surface area contributed by atoms with Crippen LogP contribution in [0.1, 0.15) is 29.2 Å². The van der Waals surface area contributed by atoms with E-state index in [0.717, 1.165) is 17.5 Å². The van der Waals surface area contributed by atoms with Crippen molar-refractivity contribution in [2.24, 2.45) is 0 Å². The van der Waals surface area contributed by atoms with Crippen LogP contribution in [0.2, 0.25) is 0 Å². The zero-order chi connectivity index (χ0) is 17.4. The van der Waals surface area contributed by atoms with Gasteiger partial charge in [0.05, 0.1) is 12.5 Å². The summed E-state index contributed by atoms with van der Waals surface area (Å²) in [5.74, 6) is -11.1. The van der Waals surface area contributed by atoms with Crippen molar-refractivity contribution in [1.29, 1.82) is 0 Å². The van der Waals surface area contributed by atoms with E-state index in [1.54, 1.807) is 6.07 Å². The molecule has 7 heteroatoms. The molecule has 2 aromatic rings. The lowest BCUT2D eigenvalue weighted by molar-refractivity contribution is -0.121. The zero-order valence-electron chi connectivity index (χ0n) is 12.3. The van der Waals surface area contributed by atoms with Crippen LogP contribution in [0.5, 0.6) is 0 Å². The molecule has 0 fully saturated rings. The predicted octanol–water partition coefficient (Wildman–Crippen LogP) is 3.73. The van der Waals surface area contributed by atoms with Gasteiger partial charge in [0.1, 0.15) is 0 Å². The summed E-state index contributed by atoms with van der Waals surface area (Å²) in [6.07, 6.45) is 0.427. The second-order valence-electron chi connectivity index (χ2n) is 5.58. The number of halogens is 5. The van der Waals surface area contributed by atoms with Crippen LogP contribution in [0, 0.1) is 29.1 Å². The van der Waals surface area contributed by atoms with Gasteiger partial charge >= 0.3 is 0 Å². The van der Waals surface area contributed by atoms with Crippen LogP contribution in [-0.4, -0.2) is 5.91 Å². The molecular weight excluding hydrogens is 329 g/mol. The van der Waals surface area contributed by atoms with Crippen molar-refractivity contribution in [3.05, 3.63) is 70.0 Å². The van der Waals surface area contributed by atoms with Gasteiger partial charge in [-0.2, -0.15) is 0 Å². The third-order valence-electron chi connectivity index (χ3n) is 4.11. The molecule has 1 aliphatic rings. The molecule has 24 heavy (non-hydrogen) atoms. The van der Waals surface area contributed by atoms with Gasteiger partial charge < -0.3 is 5.32 Å². The Labute approximate surface area is 134 Å². The molecule has 1 amide bonds. The third kappa shape index (κ3) is 2.74. The van der Waals surface area contributed by atoms with E-state index in [9.17, 15) is 26.7 Å². The summed E-state index contributed by atoms with van der Waals surface area (Å²) in [7, 11) is 0. The normalized spacial score (nSPS) is 16.1. The van der Waals surface area contributed by atoms with Gasteiger partial charge in [-0.3, -0.25) is 4.79 Å². The summed E-state index contributed by atoms with van der Waals surface area (Å²) >= 11 is 0. The van der Waals surface area contributed by atoms with Crippen molar-refractivity contribution in [3.8, 4) is 0 Å². The second-order valence-corrected chi connectivity index (χ2v) is 5.58. The lowest BCUT2D eigenvalue weighted by Gasteiger charge is -2.15. The minimum atomic E-state index is -2.24. The molecule has 1 atom stereocenters. The second kappa shape index (κ2) is 6.22. The SMILES string of the molecule is O=C(Cc1c(F)c(F)c(F)c(F)c1F)N[C@H]1CCc2ccccc21. The number of hydrogen-bond acceptors (Lipinski definition) is 1. The van der Waals surface area contributed by atoms with Gasteiger partial charge in [0.2, 0.25) is 11.7 Å². The van der Waals surface area contributed by atoms with Crippen LogP contribution in [0.25, 0.3) is 0 Å². The Kier molecular flexibility index (Phi) is 4.26. The molecule has 3 rings (SSSR count). The van der Waals surface area contributed by atoms with Crippen LogP contribution in [0.3, 0.4) is 0 Å². The maximum Gasteiger partial charge on any atom is 0.225 e. The Morgan fingerprint density at radius 2 is 1.54 bits per heavy atom. The molecule has 0 radical (unpaired) electrons. The smallest absolute Gasteiger partial charge is 0.225 e. The molecule has 126 valence electrons. The summed E-state index contributed by atoms with van der Waals surface area (Å²) in [6, 6.07) is 7.05. The number of carbonyl (C=O) groups excluding carboxylic acids is 1. The third-order valence-corrected chi connectivity index (χ3v) is 4.11. The Balaban J connectivity index is 1.80. The van der Waals surface area contributed by atoms with E-state index in [-0.39, 0.29) is 6.04 Å². The molecule has 2 aromatic carbocycles. The lowest BCUT2D eigenvalue weighted by atomic mass is 10.1. The van der Waals surface area contributed by atoms with Gasteiger partial charge in [-0.15, -0.1) is 0 Å². The lowest BCUT2D eigenvalue weighted by Crippen LogP contribution is -2.29. The number of nitrogens with one attached hydrogen (secondary N) is 1. The number of rotatable bonds is 3. The Morgan fingerprint density at radius 3 is 2.21 bits per heavy atom. The number of aryl methyl sites for hydroxylation is 1. The average molecular weight is 341 g/mol. The summed E-state index contributed by atoms with van der Waals surface area (Å²) in [6.45, 7) is 0. The van der Waals surface area contributed by atoms with Crippen molar-refractivity contribution < 1.29 is 26.7 Å². The minimum absolute atomic E-state index is 0.338. The molecule has 2 nitrogen and oxygen atoms in total. The largest absolute Gasteiger partial charge is 0.349 e. The number of amides is 1. The zero-order valence-corrected chi connectivity index (χ0v) is 12.3. The summed E-state index contributed by atoms with van der Waals surface area (Å²) in [5, 5.41) is 2.58. The van der Waals surface area contributed by atoms with E-state index < -0.39 is 47.0 Å². The van der Waals surface area contributed by atoms with Crippen LogP contribution in [0.4, 0.5) is 22.0 Å². The first-order valence-corrected chi connectivity index (χ1v) is 7.27. The predicted molar refractivity (Wildman–Crippen MR) is 75.6 cm³/mol. The van der Waals surface area contributed by atoms with E-state index in [1.165, 1.54) is 0 Å². The van der Waals surface area contributed by atoms with Gasteiger partial charge in [0.25, 0.3) is 0 Å². The topological polar surface area (TPSA) is 29.1 Å². The molecular formula is C17H12F5NO. The molecule has 0 aliphatic heterocycles. The first-order valence-electron chi connectivity index (χ1n) is 7.27. The van der Waals surface area contributed by atoms with E-state index in [0.29, 0.717) is 6.42 Å². The maximum absolute atomic E-state index is 13.6. The van der Waals surface area contributed by atoms with Gasteiger partial charge in [-0.25, -0.2) is 22.0 Å². The number of carbonyl (C=O) groups is 1. The van der Waals surface area contributed by atoms with E-state index in [2.05, 4.69) is 5.32 Å². The fourth-order valence-corrected chi connectivity index (χ4v) is 2.92. The fraction of sp³-hybridized carbons (Fsp3) is 0.235. The van der Waals surface area contributed by atoms with E-state index in [1.807, 2.05) is 18.2 Å². The van der Waals surface area contributed by atoms with Gasteiger partial charge in [0.15, 0.2) is 23.3 Å². The highest BCUT2D eigenvalue weighted by atomic mass is 19.2. The van der Waals surface area contributed by atoms with Crippen LogP contribution < -0.4 is 5.32 Å². The number of hydrogen-bond donors (Lipinski definition) is 1. The molecule has 0 saturated carbocycles. The molecule has 0 aromatic heterocycles. The number of fused-ring (bicyclic) bond motifs is 1. The molecule has 0 heterocycles. The van der Waals surface area contributed by atoms with E-state index >= 15 is 0 Å². The molecule has 1 aliphatic carbocycles. The summed E-state index contributed by atoms with van der Waals surface area (Å²) < 4.78 is 66.6. The van der Waals surface area contributed by atoms with Gasteiger partial charge in [0, 0.05) is 5.56 Å². The average Bonchev–Trinajstić information content (AvgIpc) is 2.98. The first kappa shape index (κ1) is 16.4. The van der Waals surface area contributed by atoms with Gasteiger partial charge in [-0.05, 0) is 24.0 Å². The van der Waals surface area contributed by atoms with Crippen LogP contribution >= 0.6 is 0 Å². The molecule has 0 saturated heterocycles. The highest BCUT2D eigenvalue weighted by molar-refractivity contribution is 5.79. The Morgan fingerprint density at radius 1 is 0.958 bits per heavy atom. The Hall–Kier alpha value is -2.44. The standard InChI is InChI=1S/C17H12F5NO/c18-13-10(14(19)16(21)17(22)15(13)20)7-12(24)23-11-6-5-8-3-1-2-4-9(8)11/h1-4,11H,5-7H2,(H,23,24)/t11-/m0/s1. The molecule has 0 bridgehead atoms. The van der Waals surface area contributed by atoms with Crippen molar-refractivity contribution >= 4 is 5.91 Å². The maximum atomic E-state index is 13.6. The fourth-order valence-electron chi connectivity index (χ4n) is 2.92. The van der Waals surface area contributed by atoms with Crippen molar-refractivity contribution in [3.63, 3.8) is 0 Å². The monoisotopic (exact) mass is 341 g/mol.